The van der Waals surface area contributed by atoms with E-state index in [9.17, 15) is 14.4 Å². The molecular formula is C17H22N4O3. The Labute approximate surface area is 140 Å². The van der Waals surface area contributed by atoms with Crippen molar-refractivity contribution in [3.8, 4) is 0 Å². The molecule has 0 unspecified atom stereocenters. The van der Waals surface area contributed by atoms with Crippen molar-refractivity contribution in [3.63, 3.8) is 0 Å². The topological polar surface area (TPSA) is 105 Å². The molecule has 3 rings (SSSR count). The van der Waals surface area contributed by atoms with E-state index in [4.69, 9.17) is 5.73 Å². The normalized spacial score (nSPS) is 23.5. The summed E-state index contributed by atoms with van der Waals surface area (Å²) in [7, 11) is 0. The Morgan fingerprint density at radius 2 is 2.17 bits per heavy atom. The molecule has 0 radical (unpaired) electrons. The van der Waals surface area contributed by atoms with E-state index in [1.807, 2.05) is 6.07 Å². The molecule has 2 atom stereocenters. The molecule has 0 bridgehead atoms. The van der Waals surface area contributed by atoms with E-state index in [-0.39, 0.29) is 42.9 Å². The van der Waals surface area contributed by atoms with Gasteiger partial charge in [-0.25, -0.2) is 4.79 Å². The first kappa shape index (κ1) is 16.4. The fraction of sp³-hybridized carbons (Fsp3) is 0.471. The number of rotatable bonds is 5. The third kappa shape index (κ3) is 3.73. The van der Waals surface area contributed by atoms with Crippen LogP contribution in [0.5, 0.6) is 0 Å². The number of anilines is 1. The zero-order chi connectivity index (χ0) is 17.1. The second-order valence-corrected chi connectivity index (χ2v) is 6.45. The van der Waals surface area contributed by atoms with Crippen molar-refractivity contribution in [3.05, 3.63) is 29.8 Å². The highest BCUT2D eigenvalue weighted by Gasteiger charge is 2.28. The molecule has 0 spiro atoms. The van der Waals surface area contributed by atoms with Crippen molar-refractivity contribution in [1.29, 1.82) is 0 Å². The predicted molar refractivity (Wildman–Crippen MR) is 89.0 cm³/mol. The van der Waals surface area contributed by atoms with Crippen molar-refractivity contribution in [2.75, 3.05) is 11.9 Å². The van der Waals surface area contributed by atoms with Crippen molar-refractivity contribution < 1.29 is 14.4 Å². The first-order valence-electron chi connectivity index (χ1n) is 8.25. The summed E-state index contributed by atoms with van der Waals surface area (Å²) in [6.07, 6.45) is 3.50. The van der Waals surface area contributed by atoms with E-state index < -0.39 is 0 Å². The standard InChI is InChI=1S/C17H22N4O3/c18-14-6-2-4-12(14)8-15(22)20-13-5-1-3-11(7-13)10-21-16(23)9-19-17(21)24/h1,3,5,7,12,14H,2,4,6,8-10,18H2,(H,19,24)(H,20,22)/t12-,14+/m0/s1. The van der Waals surface area contributed by atoms with Crippen LogP contribution in [0.15, 0.2) is 24.3 Å². The lowest BCUT2D eigenvalue weighted by Crippen LogP contribution is -2.30. The van der Waals surface area contributed by atoms with Gasteiger partial charge in [0.2, 0.25) is 11.8 Å². The molecule has 1 saturated carbocycles. The van der Waals surface area contributed by atoms with Crippen LogP contribution in [0.1, 0.15) is 31.2 Å². The number of nitrogens with one attached hydrogen (secondary N) is 2. The fourth-order valence-corrected chi connectivity index (χ4v) is 3.31. The molecule has 0 aromatic heterocycles. The molecule has 4 amide bonds. The fourth-order valence-electron chi connectivity index (χ4n) is 3.31. The van der Waals surface area contributed by atoms with Crippen molar-refractivity contribution in [2.24, 2.45) is 11.7 Å². The Morgan fingerprint density at radius 3 is 2.83 bits per heavy atom. The summed E-state index contributed by atoms with van der Waals surface area (Å²) >= 11 is 0. The molecule has 1 aromatic carbocycles. The van der Waals surface area contributed by atoms with Crippen molar-refractivity contribution in [1.82, 2.24) is 10.2 Å². The zero-order valence-electron chi connectivity index (χ0n) is 13.5. The van der Waals surface area contributed by atoms with Crippen LogP contribution in [0.2, 0.25) is 0 Å². The Hall–Kier alpha value is -2.41. The summed E-state index contributed by atoms with van der Waals surface area (Å²) < 4.78 is 0. The summed E-state index contributed by atoms with van der Waals surface area (Å²) in [4.78, 5) is 36.6. The molecule has 2 aliphatic rings. The van der Waals surface area contributed by atoms with Gasteiger partial charge >= 0.3 is 6.03 Å². The maximum atomic E-state index is 12.2. The van der Waals surface area contributed by atoms with Crippen LogP contribution in [-0.4, -0.2) is 35.3 Å². The number of hydrogen-bond acceptors (Lipinski definition) is 4. The smallest absolute Gasteiger partial charge is 0.324 e. The van der Waals surface area contributed by atoms with E-state index in [0.717, 1.165) is 24.8 Å². The molecular weight excluding hydrogens is 308 g/mol. The molecule has 7 heteroatoms. The minimum absolute atomic E-state index is 0.0386. The van der Waals surface area contributed by atoms with Gasteiger partial charge in [0.15, 0.2) is 0 Å². The molecule has 1 aliphatic heterocycles. The summed E-state index contributed by atoms with van der Waals surface area (Å²) in [6, 6.07) is 6.92. The average molecular weight is 330 g/mol. The second-order valence-electron chi connectivity index (χ2n) is 6.45. The average Bonchev–Trinajstić information content (AvgIpc) is 3.08. The maximum absolute atomic E-state index is 12.2. The van der Waals surface area contributed by atoms with Crippen LogP contribution < -0.4 is 16.4 Å². The van der Waals surface area contributed by atoms with Crippen LogP contribution in [0.3, 0.4) is 0 Å². The maximum Gasteiger partial charge on any atom is 0.324 e. The van der Waals surface area contributed by atoms with E-state index >= 15 is 0 Å². The van der Waals surface area contributed by atoms with Gasteiger partial charge in [0, 0.05) is 18.2 Å². The van der Waals surface area contributed by atoms with E-state index in [1.54, 1.807) is 18.2 Å². The Bertz CT molecular complexity index is 645. The number of nitrogens with zero attached hydrogens (tertiary/aromatic N) is 1. The molecule has 1 aromatic rings. The monoisotopic (exact) mass is 330 g/mol. The van der Waals surface area contributed by atoms with Crippen LogP contribution in [0, 0.1) is 5.92 Å². The number of carbonyl (C=O) groups excluding carboxylic acids is 3. The third-order valence-electron chi connectivity index (χ3n) is 4.65. The van der Waals surface area contributed by atoms with E-state index in [2.05, 4.69) is 10.6 Å². The minimum atomic E-state index is -0.385. The molecule has 2 fully saturated rings. The van der Waals surface area contributed by atoms with E-state index in [1.165, 1.54) is 4.90 Å². The van der Waals surface area contributed by atoms with Gasteiger partial charge in [-0.15, -0.1) is 0 Å². The van der Waals surface area contributed by atoms with Gasteiger partial charge in [0.1, 0.15) is 0 Å². The largest absolute Gasteiger partial charge is 0.329 e. The lowest BCUT2D eigenvalue weighted by atomic mass is 10.00. The first-order valence-corrected chi connectivity index (χ1v) is 8.25. The highest BCUT2D eigenvalue weighted by molar-refractivity contribution is 6.01. The van der Waals surface area contributed by atoms with Crippen LogP contribution in [-0.2, 0) is 16.1 Å². The van der Waals surface area contributed by atoms with Gasteiger partial charge in [0.25, 0.3) is 0 Å². The Kier molecular flexibility index (Phi) is 4.80. The molecule has 1 saturated heterocycles. The molecule has 1 heterocycles. The van der Waals surface area contributed by atoms with E-state index in [0.29, 0.717) is 12.1 Å². The SMILES string of the molecule is N[C@@H]1CCC[C@H]1CC(=O)Nc1cccc(CN2C(=O)CNC2=O)c1. The zero-order valence-corrected chi connectivity index (χ0v) is 13.5. The van der Waals surface area contributed by atoms with Crippen LogP contribution >= 0.6 is 0 Å². The van der Waals surface area contributed by atoms with Gasteiger partial charge in [-0.2, -0.15) is 0 Å². The highest BCUT2D eigenvalue weighted by atomic mass is 16.2. The van der Waals surface area contributed by atoms with Crippen LogP contribution in [0.25, 0.3) is 0 Å². The number of benzene rings is 1. The third-order valence-corrected chi connectivity index (χ3v) is 4.65. The molecule has 128 valence electrons. The van der Waals surface area contributed by atoms with Gasteiger partial charge < -0.3 is 16.4 Å². The summed E-state index contributed by atoms with van der Waals surface area (Å²) in [6.45, 7) is 0.235. The second kappa shape index (κ2) is 7.00. The number of carbonyl (C=O) groups is 3. The molecule has 24 heavy (non-hydrogen) atoms. The Balaban J connectivity index is 1.59. The summed E-state index contributed by atoms with van der Waals surface area (Å²) in [5, 5.41) is 5.37. The molecule has 7 nitrogen and oxygen atoms in total. The van der Waals surface area contributed by atoms with Gasteiger partial charge in [-0.3, -0.25) is 14.5 Å². The van der Waals surface area contributed by atoms with Crippen LogP contribution in [0.4, 0.5) is 10.5 Å². The summed E-state index contributed by atoms with van der Waals surface area (Å²) in [5.41, 5.74) is 7.46. The molecule has 4 N–H and O–H groups in total. The van der Waals surface area contributed by atoms with Gasteiger partial charge in [-0.05, 0) is 36.5 Å². The number of hydrogen-bond donors (Lipinski definition) is 3. The van der Waals surface area contributed by atoms with Gasteiger partial charge in [-0.1, -0.05) is 18.6 Å². The number of imide groups is 1. The van der Waals surface area contributed by atoms with Crippen molar-refractivity contribution in [2.45, 2.75) is 38.3 Å². The highest BCUT2D eigenvalue weighted by Crippen LogP contribution is 2.27. The lowest BCUT2D eigenvalue weighted by Gasteiger charge is -2.16. The lowest BCUT2D eigenvalue weighted by molar-refractivity contribution is -0.125. The minimum Gasteiger partial charge on any atom is -0.329 e. The van der Waals surface area contributed by atoms with Gasteiger partial charge in [0.05, 0.1) is 13.1 Å². The number of amides is 4. The molecule has 1 aliphatic carbocycles. The van der Waals surface area contributed by atoms with Crippen molar-refractivity contribution >= 4 is 23.5 Å². The number of urea groups is 1. The predicted octanol–water partition coefficient (Wildman–Crippen LogP) is 1.19. The quantitative estimate of drug-likeness (QED) is 0.705. The first-order chi connectivity index (χ1) is 11.5. The summed E-state index contributed by atoms with van der Waals surface area (Å²) in [5.74, 6) is -0.0479. The number of nitrogens with two attached hydrogens (primary N) is 1. The Morgan fingerprint density at radius 1 is 1.33 bits per heavy atom.